The first-order valence-electron chi connectivity index (χ1n) is 9.58. The number of aliphatic imine (C=N–C) groups is 1. The van der Waals surface area contributed by atoms with Gasteiger partial charge in [-0.25, -0.2) is 0 Å². The molecule has 6 heteroatoms. The standard InChI is InChI=1S/C20H32N4O.HI/c1-17(18-8-4-3-5-9-18)23-19(21-2)22-16-20(10-14-25-15-11-20)24-12-6-7-13-24;/h3-5,8-9,17H,6-7,10-16H2,1-2H3,(H2,21,22,23);1H. The molecule has 1 aromatic carbocycles. The van der Waals surface area contributed by atoms with Gasteiger partial charge in [-0.15, -0.1) is 24.0 Å². The molecule has 2 N–H and O–H groups in total. The summed E-state index contributed by atoms with van der Waals surface area (Å²) in [7, 11) is 1.85. The van der Waals surface area contributed by atoms with Gasteiger partial charge in [0.2, 0.25) is 0 Å². The molecule has 0 radical (unpaired) electrons. The Morgan fingerprint density at radius 3 is 2.46 bits per heavy atom. The van der Waals surface area contributed by atoms with Crippen LogP contribution in [0.25, 0.3) is 0 Å². The summed E-state index contributed by atoms with van der Waals surface area (Å²) in [5.74, 6) is 0.876. The molecule has 5 nitrogen and oxygen atoms in total. The molecule has 2 aliphatic heterocycles. The molecule has 0 spiro atoms. The van der Waals surface area contributed by atoms with Crippen molar-refractivity contribution in [3.8, 4) is 0 Å². The number of halogens is 1. The average Bonchev–Trinajstić information content (AvgIpc) is 3.22. The molecular formula is C20H33IN4O. The lowest BCUT2D eigenvalue weighted by Gasteiger charge is -2.45. The lowest BCUT2D eigenvalue weighted by Crippen LogP contribution is -2.58. The Labute approximate surface area is 175 Å². The maximum atomic E-state index is 5.64. The van der Waals surface area contributed by atoms with Crippen molar-refractivity contribution in [1.82, 2.24) is 15.5 Å². The summed E-state index contributed by atoms with van der Waals surface area (Å²) < 4.78 is 5.64. The first-order valence-corrected chi connectivity index (χ1v) is 9.58. The summed E-state index contributed by atoms with van der Waals surface area (Å²) in [6.07, 6.45) is 4.84. The quantitative estimate of drug-likeness (QED) is 0.393. The van der Waals surface area contributed by atoms with Gasteiger partial charge in [-0.05, 0) is 51.3 Å². The third kappa shape index (κ3) is 5.33. The number of guanidine groups is 1. The Morgan fingerprint density at radius 1 is 1.19 bits per heavy atom. The molecule has 2 fully saturated rings. The number of nitrogens with one attached hydrogen (secondary N) is 2. The summed E-state index contributed by atoms with van der Waals surface area (Å²) in [6.45, 7) is 7.27. The van der Waals surface area contributed by atoms with Gasteiger partial charge in [-0.3, -0.25) is 9.89 Å². The molecule has 0 aliphatic carbocycles. The predicted octanol–water partition coefficient (Wildman–Crippen LogP) is 3.18. The van der Waals surface area contributed by atoms with Gasteiger partial charge in [0.1, 0.15) is 0 Å². The molecule has 0 aromatic heterocycles. The summed E-state index contributed by atoms with van der Waals surface area (Å²) in [4.78, 5) is 7.12. The fourth-order valence-corrected chi connectivity index (χ4v) is 4.02. The molecule has 1 atom stereocenters. The SMILES string of the molecule is CN=C(NCC1(N2CCCC2)CCOCC1)NC(C)c1ccccc1.I. The van der Waals surface area contributed by atoms with Crippen molar-refractivity contribution in [3.63, 3.8) is 0 Å². The molecule has 1 unspecified atom stereocenters. The second-order valence-electron chi connectivity index (χ2n) is 7.23. The van der Waals surface area contributed by atoms with Crippen LogP contribution in [0.1, 0.15) is 44.2 Å². The van der Waals surface area contributed by atoms with E-state index in [1.165, 1.54) is 31.5 Å². The Morgan fingerprint density at radius 2 is 1.85 bits per heavy atom. The van der Waals surface area contributed by atoms with Crippen LogP contribution in [0.2, 0.25) is 0 Å². The molecule has 0 bridgehead atoms. The Kier molecular flexibility index (Phi) is 8.63. The van der Waals surface area contributed by atoms with Crippen LogP contribution >= 0.6 is 24.0 Å². The van der Waals surface area contributed by atoms with Crippen LogP contribution in [0.3, 0.4) is 0 Å². The predicted molar refractivity (Wildman–Crippen MR) is 118 cm³/mol. The van der Waals surface area contributed by atoms with Gasteiger partial charge in [0.05, 0.1) is 6.04 Å². The zero-order valence-corrected chi connectivity index (χ0v) is 18.4. The van der Waals surface area contributed by atoms with Gasteiger partial charge < -0.3 is 15.4 Å². The van der Waals surface area contributed by atoms with E-state index in [9.17, 15) is 0 Å². The molecule has 0 saturated carbocycles. The molecule has 3 rings (SSSR count). The minimum Gasteiger partial charge on any atom is -0.381 e. The number of ether oxygens (including phenoxy) is 1. The van der Waals surface area contributed by atoms with E-state index in [1.54, 1.807) is 0 Å². The van der Waals surface area contributed by atoms with Crippen LogP contribution in [0.4, 0.5) is 0 Å². The van der Waals surface area contributed by atoms with Gasteiger partial charge in [-0.2, -0.15) is 0 Å². The smallest absolute Gasteiger partial charge is 0.191 e. The van der Waals surface area contributed by atoms with Gasteiger partial charge in [0.25, 0.3) is 0 Å². The Hall–Kier alpha value is -0.860. The maximum absolute atomic E-state index is 5.64. The zero-order chi connectivity index (χ0) is 17.5. The van der Waals surface area contributed by atoms with Crippen molar-refractivity contribution in [2.75, 3.05) is 39.9 Å². The van der Waals surface area contributed by atoms with E-state index < -0.39 is 0 Å². The van der Waals surface area contributed by atoms with Gasteiger partial charge in [0, 0.05) is 32.3 Å². The highest BCUT2D eigenvalue weighted by Crippen LogP contribution is 2.30. The third-order valence-electron chi connectivity index (χ3n) is 5.66. The number of hydrogen-bond acceptors (Lipinski definition) is 3. The highest BCUT2D eigenvalue weighted by Gasteiger charge is 2.39. The van der Waals surface area contributed by atoms with Gasteiger partial charge in [0.15, 0.2) is 5.96 Å². The largest absolute Gasteiger partial charge is 0.381 e. The molecular weight excluding hydrogens is 439 g/mol. The second kappa shape index (κ2) is 10.5. The Balaban J connectivity index is 0.00000243. The number of benzene rings is 1. The molecule has 146 valence electrons. The lowest BCUT2D eigenvalue weighted by molar-refractivity contribution is -0.0164. The molecule has 26 heavy (non-hydrogen) atoms. The van der Waals surface area contributed by atoms with Crippen LogP contribution in [0.15, 0.2) is 35.3 Å². The fourth-order valence-electron chi connectivity index (χ4n) is 4.02. The third-order valence-corrected chi connectivity index (χ3v) is 5.66. The first-order chi connectivity index (χ1) is 12.2. The molecule has 0 amide bonds. The van der Waals surface area contributed by atoms with Crippen molar-refractivity contribution < 1.29 is 4.74 Å². The molecule has 2 aliphatic rings. The monoisotopic (exact) mass is 472 g/mol. The van der Waals surface area contributed by atoms with E-state index in [4.69, 9.17) is 4.74 Å². The van der Waals surface area contributed by atoms with Crippen LogP contribution in [-0.2, 0) is 4.74 Å². The minimum absolute atomic E-state index is 0. The summed E-state index contributed by atoms with van der Waals surface area (Å²) >= 11 is 0. The average molecular weight is 472 g/mol. The van der Waals surface area contributed by atoms with Crippen LogP contribution in [0.5, 0.6) is 0 Å². The van der Waals surface area contributed by atoms with Gasteiger partial charge in [-0.1, -0.05) is 30.3 Å². The number of hydrogen-bond donors (Lipinski definition) is 2. The number of nitrogens with zero attached hydrogens (tertiary/aromatic N) is 2. The van der Waals surface area contributed by atoms with E-state index in [0.29, 0.717) is 0 Å². The highest BCUT2D eigenvalue weighted by molar-refractivity contribution is 14.0. The lowest BCUT2D eigenvalue weighted by atomic mass is 9.88. The normalized spacial score (nSPS) is 21.7. The summed E-state index contributed by atoms with van der Waals surface area (Å²) in [5.41, 5.74) is 1.48. The molecule has 1 aromatic rings. The summed E-state index contributed by atoms with van der Waals surface area (Å²) in [6, 6.07) is 10.7. The summed E-state index contributed by atoms with van der Waals surface area (Å²) in [5, 5.41) is 7.12. The molecule has 2 heterocycles. The van der Waals surface area contributed by atoms with Crippen molar-refractivity contribution >= 4 is 29.9 Å². The topological polar surface area (TPSA) is 48.9 Å². The van der Waals surface area contributed by atoms with Crippen LogP contribution in [0, 0.1) is 0 Å². The van der Waals surface area contributed by atoms with Crippen molar-refractivity contribution in [1.29, 1.82) is 0 Å². The second-order valence-corrected chi connectivity index (χ2v) is 7.23. The number of rotatable bonds is 5. The van der Waals surface area contributed by atoms with E-state index in [0.717, 1.165) is 38.6 Å². The van der Waals surface area contributed by atoms with E-state index >= 15 is 0 Å². The van der Waals surface area contributed by atoms with Crippen molar-refractivity contribution in [2.45, 2.75) is 44.2 Å². The maximum Gasteiger partial charge on any atom is 0.191 e. The van der Waals surface area contributed by atoms with Crippen molar-refractivity contribution in [2.24, 2.45) is 4.99 Å². The van der Waals surface area contributed by atoms with E-state index in [1.807, 2.05) is 13.1 Å². The number of likely N-dealkylation sites (tertiary alicyclic amines) is 1. The minimum atomic E-state index is 0. The van der Waals surface area contributed by atoms with Crippen LogP contribution < -0.4 is 10.6 Å². The zero-order valence-electron chi connectivity index (χ0n) is 16.0. The molecule has 2 saturated heterocycles. The van der Waals surface area contributed by atoms with Gasteiger partial charge >= 0.3 is 0 Å². The van der Waals surface area contributed by atoms with Crippen LogP contribution in [-0.4, -0.2) is 56.3 Å². The first kappa shape index (κ1) is 21.4. The van der Waals surface area contributed by atoms with E-state index in [2.05, 4.69) is 51.7 Å². The Bertz CT molecular complexity index is 554. The van der Waals surface area contributed by atoms with Crippen molar-refractivity contribution in [3.05, 3.63) is 35.9 Å². The highest BCUT2D eigenvalue weighted by atomic mass is 127. The van der Waals surface area contributed by atoms with E-state index in [-0.39, 0.29) is 35.6 Å². The fraction of sp³-hybridized carbons (Fsp3) is 0.650.